The second kappa shape index (κ2) is 7.10. The standard InChI is InChI=1S/C23H23F3O4/c24-23(25,26)22(30)9-8-21(12-14-4-2-1-3-5-14)16(13-22)11-19(27)17-10-15(20(28)29)6-7-18(17)21/h1-7,10,16,19,27,30H,8-9,11-13H2,(H,28,29). The van der Waals surface area contributed by atoms with Crippen molar-refractivity contribution in [1.29, 1.82) is 0 Å². The van der Waals surface area contributed by atoms with E-state index in [0.717, 1.165) is 5.56 Å². The fourth-order valence-electron chi connectivity index (χ4n) is 5.37. The molecule has 0 aromatic heterocycles. The Morgan fingerprint density at radius 1 is 1.10 bits per heavy atom. The van der Waals surface area contributed by atoms with E-state index in [4.69, 9.17) is 0 Å². The molecule has 4 unspecified atom stereocenters. The Labute approximate surface area is 172 Å². The second-order valence-corrected chi connectivity index (χ2v) is 8.61. The molecule has 0 amide bonds. The van der Waals surface area contributed by atoms with Crippen molar-refractivity contribution >= 4 is 5.97 Å². The van der Waals surface area contributed by atoms with Crippen molar-refractivity contribution in [3.05, 3.63) is 70.8 Å². The van der Waals surface area contributed by atoms with Crippen LogP contribution in [0.1, 0.15) is 58.8 Å². The van der Waals surface area contributed by atoms with Crippen LogP contribution < -0.4 is 0 Å². The average Bonchev–Trinajstić information content (AvgIpc) is 2.69. The Morgan fingerprint density at radius 2 is 1.80 bits per heavy atom. The van der Waals surface area contributed by atoms with Crippen LogP contribution in [0, 0.1) is 5.92 Å². The molecule has 2 aliphatic carbocycles. The minimum absolute atomic E-state index is 0.0312. The van der Waals surface area contributed by atoms with Gasteiger partial charge in [-0.15, -0.1) is 0 Å². The highest BCUT2D eigenvalue weighted by Gasteiger charge is 2.62. The van der Waals surface area contributed by atoms with Crippen LogP contribution in [0.5, 0.6) is 0 Å². The predicted octanol–water partition coefficient (Wildman–Crippen LogP) is 4.40. The van der Waals surface area contributed by atoms with Crippen LogP contribution in [-0.2, 0) is 11.8 Å². The van der Waals surface area contributed by atoms with Gasteiger partial charge in [0.2, 0.25) is 0 Å². The van der Waals surface area contributed by atoms with Gasteiger partial charge in [0.25, 0.3) is 0 Å². The highest BCUT2D eigenvalue weighted by atomic mass is 19.4. The average molecular weight is 420 g/mol. The third-order valence-corrected chi connectivity index (χ3v) is 6.94. The first-order valence-corrected chi connectivity index (χ1v) is 9.95. The van der Waals surface area contributed by atoms with Gasteiger partial charge in [0.1, 0.15) is 0 Å². The van der Waals surface area contributed by atoms with Crippen molar-refractivity contribution < 1.29 is 33.3 Å². The molecule has 2 aromatic rings. The molecule has 1 fully saturated rings. The summed E-state index contributed by atoms with van der Waals surface area (Å²) in [6, 6.07) is 13.9. The number of aliphatic hydroxyl groups is 2. The first kappa shape index (κ1) is 20.9. The van der Waals surface area contributed by atoms with Crippen LogP contribution in [0.4, 0.5) is 13.2 Å². The number of hydrogen-bond acceptors (Lipinski definition) is 3. The Morgan fingerprint density at radius 3 is 2.43 bits per heavy atom. The third-order valence-electron chi connectivity index (χ3n) is 6.94. The van der Waals surface area contributed by atoms with Gasteiger partial charge in [0.15, 0.2) is 5.60 Å². The van der Waals surface area contributed by atoms with E-state index in [0.29, 0.717) is 17.5 Å². The SMILES string of the molecule is O=C(O)c1ccc2c(c1)C(O)CC1CC(O)(C(F)(F)F)CCC21Cc1ccccc1. The van der Waals surface area contributed by atoms with Crippen LogP contribution in [0.2, 0.25) is 0 Å². The normalized spacial score (nSPS) is 31.0. The molecule has 30 heavy (non-hydrogen) atoms. The number of aliphatic hydroxyl groups excluding tert-OH is 1. The molecule has 7 heteroatoms. The lowest BCUT2D eigenvalue weighted by molar-refractivity contribution is -0.280. The Hall–Kier alpha value is -2.38. The van der Waals surface area contributed by atoms with Gasteiger partial charge in [-0.25, -0.2) is 4.79 Å². The van der Waals surface area contributed by atoms with Crippen LogP contribution in [0.3, 0.4) is 0 Å². The topological polar surface area (TPSA) is 77.8 Å². The summed E-state index contributed by atoms with van der Waals surface area (Å²) in [7, 11) is 0. The molecule has 4 atom stereocenters. The number of carbonyl (C=O) groups is 1. The van der Waals surface area contributed by atoms with Crippen LogP contribution in [-0.4, -0.2) is 33.1 Å². The van der Waals surface area contributed by atoms with Crippen LogP contribution >= 0.6 is 0 Å². The third kappa shape index (κ3) is 3.30. The van der Waals surface area contributed by atoms with Gasteiger partial charge in [-0.1, -0.05) is 36.4 Å². The maximum absolute atomic E-state index is 13.6. The van der Waals surface area contributed by atoms with Crippen molar-refractivity contribution in [3.63, 3.8) is 0 Å². The summed E-state index contributed by atoms with van der Waals surface area (Å²) in [5.74, 6) is -1.73. The fourth-order valence-corrected chi connectivity index (χ4v) is 5.37. The van der Waals surface area contributed by atoms with Gasteiger partial charge >= 0.3 is 12.1 Å². The summed E-state index contributed by atoms with van der Waals surface area (Å²) in [4.78, 5) is 11.4. The molecule has 0 radical (unpaired) electrons. The minimum atomic E-state index is -4.75. The van der Waals surface area contributed by atoms with Crippen molar-refractivity contribution in [2.75, 3.05) is 0 Å². The van der Waals surface area contributed by atoms with E-state index in [2.05, 4.69) is 0 Å². The van der Waals surface area contributed by atoms with E-state index in [1.54, 1.807) is 6.07 Å². The van der Waals surface area contributed by atoms with Crippen LogP contribution in [0.25, 0.3) is 0 Å². The van der Waals surface area contributed by atoms with Crippen molar-refractivity contribution in [3.8, 4) is 0 Å². The van der Waals surface area contributed by atoms with Crippen molar-refractivity contribution in [2.45, 2.75) is 55.4 Å². The molecule has 2 aliphatic rings. The van der Waals surface area contributed by atoms with Crippen molar-refractivity contribution in [2.24, 2.45) is 5.92 Å². The summed E-state index contributed by atoms with van der Waals surface area (Å²) in [6.07, 6.45) is -6.15. The lowest BCUT2D eigenvalue weighted by atomic mass is 9.52. The van der Waals surface area contributed by atoms with Gasteiger partial charge in [-0.2, -0.15) is 13.2 Å². The van der Waals surface area contributed by atoms with Crippen LogP contribution in [0.15, 0.2) is 48.5 Å². The summed E-state index contributed by atoms with van der Waals surface area (Å²) in [5, 5.41) is 30.4. The lowest BCUT2D eigenvalue weighted by Gasteiger charge is -2.54. The summed E-state index contributed by atoms with van der Waals surface area (Å²) in [6.45, 7) is 0. The zero-order chi connectivity index (χ0) is 21.7. The summed E-state index contributed by atoms with van der Waals surface area (Å²) < 4.78 is 40.8. The zero-order valence-corrected chi connectivity index (χ0v) is 16.2. The summed E-state index contributed by atoms with van der Waals surface area (Å²) >= 11 is 0. The highest BCUT2D eigenvalue weighted by molar-refractivity contribution is 5.88. The number of aromatic carboxylic acids is 1. The first-order chi connectivity index (χ1) is 14.1. The van der Waals surface area contributed by atoms with E-state index in [1.807, 2.05) is 30.3 Å². The number of carboxylic acids is 1. The molecule has 0 saturated heterocycles. The molecule has 160 valence electrons. The molecule has 2 aromatic carbocycles. The number of rotatable bonds is 3. The maximum Gasteiger partial charge on any atom is 0.417 e. The molecule has 4 rings (SSSR count). The molecule has 0 aliphatic heterocycles. The molecular weight excluding hydrogens is 397 g/mol. The molecule has 3 N–H and O–H groups in total. The van der Waals surface area contributed by atoms with Crippen molar-refractivity contribution in [1.82, 2.24) is 0 Å². The van der Waals surface area contributed by atoms with Gasteiger partial charge in [-0.3, -0.25) is 0 Å². The molecular formula is C23H23F3O4. The van der Waals surface area contributed by atoms with E-state index in [-0.39, 0.29) is 18.4 Å². The molecule has 0 spiro atoms. The highest BCUT2D eigenvalue weighted by Crippen LogP contribution is 2.58. The molecule has 4 nitrogen and oxygen atoms in total. The molecule has 0 heterocycles. The number of halogens is 3. The lowest BCUT2D eigenvalue weighted by Crippen LogP contribution is -2.57. The largest absolute Gasteiger partial charge is 0.478 e. The van der Waals surface area contributed by atoms with E-state index in [9.17, 15) is 33.3 Å². The minimum Gasteiger partial charge on any atom is -0.478 e. The van der Waals surface area contributed by atoms with Gasteiger partial charge in [0, 0.05) is 5.41 Å². The fraction of sp³-hybridized carbons (Fsp3) is 0.435. The van der Waals surface area contributed by atoms with E-state index < -0.39 is 48.0 Å². The summed E-state index contributed by atoms with van der Waals surface area (Å²) in [5.41, 5.74) is -1.38. The number of fused-ring (bicyclic) bond motifs is 3. The van der Waals surface area contributed by atoms with E-state index >= 15 is 0 Å². The van der Waals surface area contributed by atoms with Gasteiger partial charge in [-0.05, 0) is 66.8 Å². The smallest absolute Gasteiger partial charge is 0.417 e. The number of hydrogen-bond donors (Lipinski definition) is 3. The van der Waals surface area contributed by atoms with Gasteiger partial charge in [0.05, 0.1) is 11.7 Å². The number of alkyl halides is 3. The Kier molecular flexibility index (Phi) is 4.94. The molecule has 0 bridgehead atoms. The monoisotopic (exact) mass is 420 g/mol. The maximum atomic E-state index is 13.6. The Bertz CT molecular complexity index is 959. The number of benzene rings is 2. The quantitative estimate of drug-likeness (QED) is 0.688. The number of carboxylic acid groups (broad SMARTS) is 1. The first-order valence-electron chi connectivity index (χ1n) is 9.95. The van der Waals surface area contributed by atoms with Gasteiger partial charge < -0.3 is 15.3 Å². The Balaban J connectivity index is 1.84. The second-order valence-electron chi connectivity index (χ2n) is 8.61. The zero-order valence-electron chi connectivity index (χ0n) is 16.2. The predicted molar refractivity (Wildman–Crippen MR) is 103 cm³/mol. The molecule has 1 saturated carbocycles. The van der Waals surface area contributed by atoms with E-state index in [1.165, 1.54) is 12.1 Å².